The molecule has 384 valence electrons. The molecular formula is C52H79N5O12. The van der Waals surface area contributed by atoms with Crippen molar-refractivity contribution in [3.05, 3.63) is 53.9 Å². The Morgan fingerprint density at radius 3 is 2.33 bits per heavy atom. The Balaban J connectivity index is 1.46. The number of carbonyl (C=O) groups excluding carboxylic acids is 5. The van der Waals surface area contributed by atoms with Gasteiger partial charge < -0.3 is 38.8 Å². The highest BCUT2D eigenvalue weighted by Crippen LogP contribution is 2.39. The van der Waals surface area contributed by atoms with Gasteiger partial charge in [-0.15, -0.1) is 10.2 Å². The summed E-state index contributed by atoms with van der Waals surface area (Å²) in [6.45, 7) is 12.8. The van der Waals surface area contributed by atoms with Gasteiger partial charge in [-0.2, -0.15) is 4.80 Å². The van der Waals surface area contributed by atoms with E-state index in [0.717, 1.165) is 18.4 Å². The average Bonchev–Trinajstić information content (AvgIpc) is 3.88. The fourth-order valence-electron chi connectivity index (χ4n) is 10.7. The Bertz CT molecular complexity index is 2020. The number of esters is 1. The predicted molar refractivity (Wildman–Crippen MR) is 256 cm³/mol. The van der Waals surface area contributed by atoms with Crippen LogP contribution in [0.4, 0.5) is 0 Å². The van der Waals surface area contributed by atoms with Crippen LogP contribution < -0.4 is 0 Å². The Morgan fingerprint density at radius 1 is 0.899 bits per heavy atom. The molecule has 5 rings (SSSR count). The summed E-state index contributed by atoms with van der Waals surface area (Å²) in [4.78, 5) is 73.9. The minimum Gasteiger partial charge on any atom is -0.460 e. The molecule has 2 N–H and O–H groups in total. The second-order valence-electron chi connectivity index (χ2n) is 20.4. The number of Topliss-reactive ketones (excluding diaryl/α,β-unsaturated/α-hetero) is 3. The maximum atomic E-state index is 14.5. The molecule has 4 heterocycles. The van der Waals surface area contributed by atoms with Gasteiger partial charge in [0.1, 0.15) is 18.2 Å². The van der Waals surface area contributed by atoms with Crippen molar-refractivity contribution in [1.82, 2.24) is 25.1 Å². The number of cyclic esters (lactones) is 1. The molecule has 0 radical (unpaired) electrons. The van der Waals surface area contributed by atoms with Gasteiger partial charge in [0.2, 0.25) is 5.79 Å². The lowest BCUT2D eigenvalue weighted by atomic mass is 9.78. The molecule has 1 aromatic heterocycles. The number of aliphatic hydroxyl groups excluding tert-OH is 1. The normalized spacial score (nSPS) is 36.8. The molecule has 1 unspecified atom stereocenters. The lowest BCUT2D eigenvalue weighted by Crippen LogP contribution is -2.61. The van der Waals surface area contributed by atoms with Crippen LogP contribution in [-0.4, -0.2) is 141 Å². The molecule has 1 aromatic rings. The van der Waals surface area contributed by atoms with E-state index in [9.17, 15) is 34.2 Å². The van der Waals surface area contributed by atoms with E-state index in [2.05, 4.69) is 15.4 Å². The van der Waals surface area contributed by atoms with Crippen molar-refractivity contribution in [2.75, 3.05) is 27.9 Å². The lowest BCUT2D eigenvalue weighted by Gasteiger charge is -2.42. The van der Waals surface area contributed by atoms with Crippen LogP contribution in [0.3, 0.4) is 0 Å². The Morgan fingerprint density at radius 2 is 1.65 bits per heavy atom. The maximum absolute atomic E-state index is 14.5. The summed E-state index contributed by atoms with van der Waals surface area (Å²) in [5.41, 5.74) is 1.20. The summed E-state index contributed by atoms with van der Waals surface area (Å²) < 4.78 is 29.9. The summed E-state index contributed by atoms with van der Waals surface area (Å²) in [5, 5.41) is 35.7. The van der Waals surface area contributed by atoms with Gasteiger partial charge in [0, 0.05) is 58.5 Å². The predicted octanol–water partition coefficient (Wildman–Crippen LogP) is 6.05. The van der Waals surface area contributed by atoms with Crippen molar-refractivity contribution in [2.24, 2.45) is 35.5 Å². The van der Waals surface area contributed by atoms with Crippen molar-refractivity contribution < 1.29 is 57.9 Å². The van der Waals surface area contributed by atoms with Gasteiger partial charge in [0.05, 0.1) is 30.5 Å². The summed E-state index contributed by atoms with van der Waals surface area (Å²) in [7, 11) is 4.62. The third-order valence-electron chi connectivity index (χ3n) is 15.2. The van der Waals surface area contributed by atoms with Crippen LogP contribution in [0.1, 0.15) is 132 Å². The number of tetrazole rings is 1. The number of nitrogens with zero attached hydrogens (tertiary/aromatic N) is 5. The van der Waals surface area contributed by atoms with E-state index in [-0.39, 0.29) is 60.9 Å². The summed E-state index contributed by atoms with van der Waals surface area (Å²) in [5.74, 6) is -7.91. The number of methoxy groups -OCH3 is 3. The van der Waals surface area contributed by atoms with E-state index in [4.69, 9.17) is 23.7 Å². The summed E-state index contributed by atoms with van der Waals surface area (Å²) in [6.07, 6.45) is 13.7. The Kier molecular flexibility index (Phi) is 20.8. The SMILES string of the molecule is CO[C@H]1C[C@@H]2CC[C@@H](C)[C@@](O)(O2)C(=O)C(=O)N2CCCC[C@H]2C(=O)O[C@H]([C@H](C)C[C@@H]2CC[C@H](n3ncnn3)[C@H](OC)C2)CC(=O)C(C)=CC(C)[C@@H](O)[C@@H](OC)C(=O)[C@@H](C)C[C@H](C)/C=C/C=CC=C1C. The summed E-state index contributed by atoms with van der Waals surface area (Å²) >= 11 is 0. The third kappa shape index (κ3) is 14.2. The highest BCUT2D eigenvalue weighted by Gasteiger charge is 2.53. The highest BCUT2D eigenvalue weighted by atomic mass is 16.6. The first kappa shape index (κ1) is 55.7. The largest absolute Gasteiger partial charge is 0.460 e. The van der Waals surface area contributed by atoms with Gasteiger partial charge in [0.15, 0.2) is 17.9 Å². The number of hydrogen-bond donors (Lipinski definition) is 2. The third-order valence-corrected chi connectivity index (χ3v) is 15.2. The van der Waals surface area contributed by atoms with Gasteiger partial charge >= 0.3 is 5.97 Å². The number of fused-ring (bicyclic) bond motifs is 3. The van der Waals surface area contributed by atoms with Crippen molar-refractivity contribution >= 4 is 29.2 Å². The zero-order valence-corrected chi connectivity index (χ0v) is 42.5. The van der Waals surface area contributed by atoms with Crippen LogP contribution in [0.15, 0.2) is 53.9 Å². The fourth-order valence-corrected chi connectivity index (χ4v) is 10.7. The Labute approximate surface area is 408 Å². The molecule has 2 bridgehead atoms. The topological polar surface area (TPSA) is 219 Å². The molecule has 2 saturated heterocycles. The van der Waals surface area contributed by atoms with E-state index in [1.807, 2.05) is 58.1 Å². The highest BCUT2D eigenvalue weighted by molar-refractivity contribution is 6.39. The molecule has 17 nitrogen and oxygen atoms in total. The van der Waals surface area contributed by atoms with Gasteiger partial charge in [-0.1, -0.05) is 71.1 Å². The van der Waals surface area contributed by atoms with Crippen molar-refractivity contribution in [3.63, 3.8) is 0 Å². The molecule has 69 heavy (non-hydrogen) atoms. The van der Waals surface area contributed by atoms with Crippen LogP contribution in [0.5, 0.6) is 0 Å². The quantitative estimate of drug-likeness (QED) is 0.235. The van der Waals surface area contributed by atoms with Gasteiger partial charge in [-0.3, -0.25) is 19.2 Å². The standard InChI is InChI=1S/C52H79N5O12/c1-31-16-12-11-13-17-32(2)43(65-8)28-39-21-19-37(7)52(64,69-39)49(61)50(62)56-23-15-14-18-41(56)51(63)68-44(34(4)26-38-20-22-40(45(27-38)66-9)57-54-30-53-55-57)29-42(58)33(3)25-36(6)47(60)48(67-10)46(59)35(5)24-31/h11-13,16-17,25,30-31,34-41,43-45,47-48,60,64H,14-15,18-24,26-29H2,1-10H3/b13-11?,16-12+,32-17?,33-25?/t31-,34-,35+,36?,37-,38+,39+,40+,41+,43+,44+,45-,47-,48+,52-/m1/s1. The molecule has 3 aliphatic heterocycles. The molecule has 4 aliphatic rings. The molecule has 17 heteroatoms. The van der Waals surface area contributed by atoms with Crippen molar-refractivity contribution in [1.29, 1.82) is 0 Å². The summed E-state index contributed by atoms with van der Waals surface area (Å²) in [6, 6.07) is -1.25. The number of allylic oxidation sites excluding steroid dienone is 6. The van der Waals surface area contributed by atoms with Crippen LogP contribution in [0, 0.1) is 35.5 Å². The number of rotatable bonds is 7. The molecule has 15 atom stereocenters. The molecule has 1 amide bonds. The molecular weight excluding hydrogens is 887 g/mol. The molecule has 1 aliphatic carbocycles. The van der Waals surface area contributed by atoms with Crippen LogP contribution in [0.25, 0.3) is 0 Å². The van der Waals surface area contributed by atoms with Gasteiger partial charge in [-0.05, 0) is 112 Å². The first-order valence-corrected chi connectivity index (χ1v) is 25.0. The molecule has 0 aromatic carbocycles. The lowest BCUT2D eigenvalue weighted by molar-refractivity contribution is -0.265. The maximum Gasteiger partial charge on any atom is 0.329 e. The number of carbonyl (C=O) groups is 5. The van der Waals surface area contributed by atoms with Crippen LogP contribution in [0.2, 0.25) is 0 Å². The fraction of sp³-hybridized carbons (Fsp3) is 0.731. The van der Waals surface area contributed by atoms with Crippen LogP contribution in [-0.2, 0) is 47.7 Å². The Hall–Kier alpha value is -4.26. The first-order chi connectivity index (χ1) is 32.8. The second kappa shape index (κ2) is 25.7. The van der Waals surface area contributed by atoms with E-state index in [0.29, 0.717) is 56.9 Å². The number of hydrogen-bond acceptors (Lipinski definition) is 15. The minimum atomic E-state index is -2.43. The van der Waals surface area contributed by atoms with Crippen molar-refractivity contribution in [2.45, 2.75) is 180 Å². The van der Waals surface area contributed by atoms with E-state index in [1.54, 1.807) is 45.9 Å². The van der Waals surface area contributed by atoms with E-state index < -0.39 is 77.8 Å². The monoisotopic (exact) mass is 966 g/mol. The van der Waals surface area contributed by atoms with E-state index >= 15 is 0 Å². The molecule has 0 spiro atoms. The van der Waals surface area contributed by atoms with Gasteiger partial charge in [-0.25, -0.2) is 4.79 Å². The zero-order valence-electron chi connectivity index (χ0n) is 42.5. The zero-order chi connectivity index (χ0) is 50.6. The minimum absolute atomic E-state index is 0.0195. The molecule has 1 saturated carbocycles. The number of piperidine rings is 1. The number of ketones is 3. The average molecular weight is 966 g/mol. The van der Waals surface area contributed by atoms with E-state index in [1.165, 1.54) is 18.3 Å². The number of amides is 1. The van der Waals surface area contributed by atoms with Gasteiger partial charge in [0.25, 0.3) is 11.7 Å². The number of aliphatic hydroxyl groups is 2. The first-order valence-electron chi connectivity index (χ1n) is 25.0. The molecule has 3 fully saturated rings. The van der Waals surface area contributed by atoms with Crippen molar-refractivity contribution in [3.8, 4) is 0 Å². The second-order valence-corrected chi connectivity index (χ2v) is 20.4. The smallest absolute Gasteiger partial charge is 0.329 e. The number of ether oxygens (including phenoxy) is 5. The number of aromatic nitrogens is 4. The van der Waals surface area contributed by atoms with Crippen LogP contribution >= 0.6 is 0 Å².